The zero-order chi connectivity index (χ0) is 9.80. The minimum absolute atomic E-state index is 0.175. The summed E-state index contributed by atoms with van der Waals surface area (Å²) < 4.78 is 5.62. The van der Waals surface area contributed by atoms with Crippen LogP contribution >= 0.6 is 11.3 Å². The number of hydrogen-bond donors (Lipinski definition) is 0. The first kappa shape index (κ1) is 9.80. The lowest BCUT2D eigenvalue weighted by Gasteiger charge is -2.20. The fraction of sp³-hybridized carbons (Fsp3) is 0.600. The minimum Gasteiger partial charge on any atom is -0.371 e. The van der Waals surface area contributed by atoms with E-state index in [-0.39, 0.29) is 6.10 Å². The molecule has 14 heavy (non-hydrogen) atoms. The van der Waals surface area contributed by atoms with Crippen LogP contribution in [0, 0.1) is 0 Å². The zero-order valence-corrected chi connectivity index (χ0v) is 8.76. The molecule has 2 rings (SSSR count). The van der Waals surface area contributed by atoms with E-state index in [4.69, 9.17) is 4.74 Å². The van der Waals surface area contributed by atoms with Gasteiger partial charge in [0, 0.05) is 18.4 Å². The van der Waals surface area contributed by atoms with E-state index in [0.717, 1.165) is 36.4 Å². The summed E-state index contributed by atoms with van der Waals surface area (Å²) >= 11 is 1.60. The van der Waals surface area contributed by atoms with Crippen molar-refractivity contribution in [1.82, 2.24) is 4.98 Å². The number of aromatic nitrogens is 1. The van der Waals surface area contributed by atoms with E-state index < -0.39 is 0 Å². The molecule has 0 N–H and O–H groups in total. The maximum absolute atomic E-state index is 10.3. The van der Waals surface area contributed by atoms with Crippen LogP contribution < -0.4 is 0 Å². The van der Waals surface area contributed by atoms with Gasteiger partial charge in [0.25, 0.3) is 0 Å². The van der Waals surface area contributed by atoms with E-state index >= 15 is 0 Å². The molecule has 76 valence electrons. The summed E-state index contributed by atoms with van der Waals surface area (Å²) in [7, 11) is 0. The van der Waals surface area contributed by atoms with Gasteiger partial charge in [-0.2, -0.15) is 0 Å². The lowest BCUT2D eigenvalue weighted by molar-refractivity contribution is -0.107. The van der Waals surface area contributed by atoms with Gasteiger partial charge in [0.1, 0.15) is 17.4 Å². The molecule has 0 saturated carbocycles. The van der Waals surface area contributed by atoms with Gasteiger partial charge in [-0.05, 0) is 19.3 Å². The summed E-state index contributed by atoms with van der Waals surface area (Å²) in [6.07, 6.45) is 4.92. The Morgan fingerprint density at radius 2 is 2.57 bits per heavy atom. The number of ether oxygens (including phenoxy) is 1. The van der Waals surface area contributed by atoms with Crippen molar-refractivity contribution in [2.75, 3.05) is 6.61 Å². The quantitative estimate of drug-likeness (QED) is 0.719. The Kier molecular flexibility index (Phi) is 3.26. The Bertz CT molecular complexity index is 305. The van der Waals surface area contributed by atoms with Crippen molar-refractivity contribution in [3.63, 3.8) is 0 Å². The highest BCUT2D eigenvalue weighted by Crippen LogP contribution is 2.29. The summed E-state index contributed by atoms with van der Waals surface area (Å²) in [5.74, 6) is 0. The number of carbonyl (C=O) groups excluding carboxylic acids is 1. The molecule has 0 aromatic carbocycles. The number of carbonyl (C=O) groups is 1. The van der Waals surface area contributed by atoms with Gasteiger partial charge in [0.2, 0.25) is 0 Å². The van der Waals surface area contributed by atoms with E-state index in [0.29, 0.717) is 6.42 Å². The van der Waals surface area contributed by atoms with Crippen LogP contribution in [0.3, 0.4) is 0 Å². The highest BCUT2D eigenvalue weighted by Gasteiger charge is 2.18. The Labute approximate surface area is 87.1 Å². The zero-order valence-electron chi connectivity index (χ0n) is 7.94. The van der Waals surface area contributed by atoms with Gasteiger partial charge >= 0.3 is 0 Å². The molecular weight excluding hydrogens is 198 g/mol. The number of rotatable bonds is 3. The molecule has 0 bridgehead atoms. The topological polar surface area (TPSA) is 39.2 Å². The third-order valence-corrected chi connectivity index (χ3v) is 3.30. The maximum Gasteiger partial charge on any atom is 0.125 e. The number of hydrogen-bond acceptors (Lipinski definition) is 4. The third kappa shape index (κ3) is 2.19. The summed E-state index contributed by atoms with van der Waals surface area (Å²) in [5.41, 5.74) is 0.870. The number of aldehydes is 1. The van der Waals surface area contributed by atoms with Crippen LogP contribution in [0.2, 0.25) is 0 Å². The second kappa shape index (κ2) is 4.66. The van der Waals surface area contributed by atoms with Crippen LogP contribution in [-0.2, 0) is 16.0 Å². The molecule has 1 aliphatic heterocycles. The molecule has 0 spiro atoms. The molecule has 1 aliphatic rings. The van der Waals surface area contributed by atoms with Gasteiger partial charge < -0.3 is 9.53 Å². The Hall–Kier alpha value is -0.740. The number of nitrogens with zero attached hydrogens (tertiary/aromatic N) is 1. The normalized spacial score (nSPS) is 22.1. The van der Waals surface area contributed by atoms with Crippen LogP contribution in [0.4, 0.5) is 0 Å². The first-order valence-electron chi connectivity index (χ1n) is 4.89. The van der Waals surface area contributed by atoms with Crippen LogP contribution in [-0.4, -0.2) is 17.9 Å². The molecule has 1 aromatic rings. The second-order valence-corrected chi connectivity index (χ2v) is 4.29. The molecule has 4 heteroatoms. The van der Waals surface area contributed by atoms with Gasteiger partial charge in [-0.25, -0.2) is 4.98 Å². The highest BCUT2D eigenvalue weighted by molar-refractivity contribution is 7.09. The van der Waals surface area contributed by atoms with Crippen molar-refractivity contribution < 1.29 is 9.53 Å². The van der Waals surface area contributed by atoms with Crippen LogP contribution in [0.1, 0.15) is 36.1 Å². The molecule has 1 fully saturated rings. The first-order chi connectivity index (χ1) is 6.90. The molecule has 0 aliphatic carbocycles. The molecule has 1 atom stereocenters. The van der Waals surface area contributed by atoms with Crippen molar-refractivity contribution in [3.05, 3.63) is 16.1 Å². The summed E-state index contributed by atoms with van der Waals surface area (Å²) in [4.78, 5) is 14.7. The largest absolute Gasteiger partial charge is 0.371 e. The van der Waals surface area contributed by atoms with Crippen LogP contribution in [0.5, 0.6) is 0 Å². The standard InChI is InChI=1S/C10H13NO2S/c12-5-4-8-7-14-10(11-8)9-3-1-2-6-13-9/h5,7,9H,1-4,6H2. The monoisotopic (exact) mass is 211 g/mol. The van der Waals surface area contributed by atoms with E-state index in [1.165, 1.54) is 6.42 Å². The van der Waals surface area contributed by atoms with Gasteiger partial charge in [-0.3, -0.25) is 0 Å². The fourth-order valence-corrected chi connectivity index (χ4v) is 2.50. The molecule has 3 nitrogen and oxygen atoms in total. The van der Waals surface area contributed by atoms with Gasteiger partial charge in [0.15, 0.2) is 0 Å². The first-order valence-corrected chi connectivity index (χ1v) is 5.77. The average molecular weight is 211 g/mol. The molecular formula is C10H13NO2S. The van der Waals surface area contributed by atoms with Crippen molar-refractivity contribution in [2.24, 2.45) is 0 Å². The lowest BCUT2D eigenvalue weighted by atomic mass is 10.1. The van der Waals surface area contributed by atoms with E-state index in [1.54, 1.807) is 11.3 Å². The van der Waals surface area contributed by atoms with E-state index in [9.17, 15) is 4.79 Å². The molecule has 0 radical (unpaired) electrons. The highest BCUT2D eigenvalue weighted by atomic mass is 32.1. The SMILES string of the molecule is O=CCc1csc(C2CCCCO2)n1. The van der Waals surface area contributed by atoms with Gasteiger partial charge in [-0.15, -0.1) is 11.3 Å². The van der Waals surface area contributed by atoms with Crippen molar-refractivity contribution in [2.45, 2.75) is 31.8 Å². The van der Waals surface area contributed by atoms with Gasteiger partial charge in [0.05, 0.1) is 5.69 Å². The van der Waals surface area contributed by atoms with Crippen molar-refractivity contribution in [3.8, 4) is 0 Å². The molecule has 1 unspecified atom stereocenters. The fourth-order valence-electron chi connectivity index (χ4n) is 1.59. The predicted octanol–water partition coefficient (Wildman–Crippen LogP) is 2.13. The van der Waals surface area contributed by atoms with Crippen molar-refractivity contribution >= 4 is 17.6 Å². The third-order valence-electron chi connectivity index (χ3n) is 2.32. The second-order valence-electron chi connectivity index (χ2n) is 3.40. The summed E-state index contributed by atoms with van der Waals surface area (Å²) in [6.45, 7) is 0.841. The molecule has 2 heterocycles. The smallest absolute Gasteiger partial charge is 0.125 e. The van der Waals surface area contributed by atoms with E-state index in [2.05, 4.69) is 4.98 Å². The number of thiazole rings is 1. The average Bonchev–Trinajstić information content (AvgIpc) is 2.68. The summed E-state index contributed by atoms with van der Waals surface area (Å²) in [5, 5.41) is 2.98. The van der Waals surface area contributed by atoms with Crippen LogP contribution in [0.15, 0.2) is 5.38 Å². The van der Waals surface area contributed by atoms with Crippen LogP contribution in [0.25, 0.3) is 0 Å². The molecule has 1 saturated heterocycles. The van der Waals surface area contributed by atoms with Crippen molar-refractivity contribution in [1.29, 1.82) is 0 Å². The van der Waals surface area contributed by atoms with Gasteiger partial charge in [-0.1, -0.05) is 0 Å². The predicted molar refractivity (Wildman–Crippen MR) is 54.4 cm³/mol. The Balaban J connectivity index is 2.03. The minimum atomic E-state index is 0.175. The lowest BCUT2D eigenvalue weighted by Crippen LogP contribution is -2.11. The van der Waals surface area contributed by atoms with E-state index in [1.807, 2.05) is 5.38 Å². The Morgan fingerprint density at radius 3 is 3.29 bits per heavy atom. The maximum atomic E-state index is 10.3. The summed E-state index contributed by atoms with van der Waals surface area (Å²) in [6, 6.07) is 0. The molecule has 1 aromatic heterocycles. The Morgan fingerprint density at radius 1 is 1.64 bits per heavy atom. The molecule has 0 amide bonds.